The maximum Gasteiger partial charge on any atom is 0.251 e. The van der Waals surface area contributed by atoms with Crippen molar-refractivity contribution < 1.29 is 22.7 Å². The van der Waals surface area contributed by atoms with Crippen LogP contribution in [0.1, 0.15) is 23.2 Å². The van der Waals surface area contributed by atoms with Crippen LogP contribution in [0.25, 0.3) is 0 Å². The van der Waals surface area contributed by atoms with Crippen molar-refractivity contribution in [2.24, 2.45) is 0 Å². The fraction of sp³-hybridized carbons (Fsp3) is 0.533. The lowest BCUT2D eigenvalue weighted by molar-refractivity contribution is 0.0729. The van der Waals surface area contributed by atoms with Gasteiger partial charge in [0, 0.05) is 24.7 Å². The third-order valence-corrected chi connectivity index (χ3v) is 5.85. The second-order valence-electron chi connectivity index (χ2n) is 5.63. The van der Waals surface area contributed by atoms with E-state index in [0.717, 1.165) is 12.8 Å². The number of morpholine rings is 1. The summed E-state index contributed by atoms with van der Waals surface area (Å²) in [6, 6.07) is 4.70. The molecule has 0 atom stereocenters. The van der Waals surface area contributed by atoms with Gasteiger partial charge >= 0.3 is 0 Å². The Morgan fingerprint density at radius 3 is 2.61 bits per heavy atom. The van der Waals surface area contributed by atoms with Crippen LogP contribution in [0.15, 0.2) is 23.1 Å². The highest BCUT2D eigenvalue weighted by Gasteiger charge is 2.30. The summed E-state index contributed by atoms with van der Waals surface area (Å²) in [6.45, 7) is 1.32. The summed E-state index contributed by atoms with van der Waals surface area (Å²) in [6.07, 6.45) is 1.95. The Balaban J connectivity index is 1.93. The molecular formula is C15H20N2O5S. The molecule has 2 aliphatic rings. The summed E-state index contributed by atoms with van der Waals surface area (Å²) in [7, 11) is -2.31. The Morgan fingerprint density at radius 1 is 1.30 bits per heavy atom. The van der Waals surface area contributed by atoms with E-state index in [2.05, 4.69) is 5.32 Å². The summed E-state index contributed by atoms with van der Waals surface area (Å²) in [5, 5.41) is 2.86. The smallest absolute Gasteiger partial charge is 0.251 e. The second kappa shape index (κ2) is 6.46. The number of hydrogen-bond acceptors (Lipinski definition) is 5. The highest BCUT2D eigenvalue weighted by Crippen LogP contribution is 2.29. The van der Waals surface area contributed by atoms with E-state index in [1.165, 1.54) is 23.5 Å². The fourth-order valence-electron chi connectivity index (χ4n) is 2.44. The summed E-state index contributed by atoms with van der Waals surface area (Å²) in [5.41, 5.74) is 0.324. The van der Waals surface area contributed by atoms with Crippen LogP contribution >= 0.6 is 0 Å². The molecule has 1 heterocycles. The van der Waals surface area contributed by atoms with Crippen molar-refractivity contribution in [2.75, 3.05) is 33.4 Å². The topological polar surface area (TPSA) is 84.9 Å². The van der Waals surface area contributed by atoms with Gasteiger partial charge in [-0.05, 0) is 31.0 Å². The lowest BCUT2D eigenvalue weighted by Crippen LogP contribution is -2.40. The molecule has 1 aliphatic carbocycles. The van der Waals surface area contributed by atoms with Crippen LogP contribution in [-0.2, 0) is 14.8 Å². The maximum atomic E-state index is 12.8. The van der Waals surface area contributed by atoms with Crippen LogP contribution in [0.3, 0.4) is 0 Å². The summed E-state index contributed by atoms with van der Waals surface area (Å²) >= 11 is 0. The van der Waals surface area contributed by atoms with Crippen molar-refractivity contribution in [3.05, 3.63) is 23.8 Å². The molecule has 0 unspecified atom stereocenters. The number of carbonyl (C=O) groups excluding carboxylic acids is 1. The van der Waals surface area contributed by atoms with Crippen LogP contribution < -0.4 is 10.1 Å². The second-order valence-corrected chi connectivity index (χ2v) is 7.54. The number of carbonyl (C=O) groups is 1. The summed E-state index contributed by atoms with van der Waals surface area (Å²) in [4.78, 5) is 12.2. The number of rotatable bonds is 5. The Bertz CT molecular complexity index is 694. The van der Waals surface area contributed by atoms with Gasteiger partial charge in [-0.3, -0.25) is 4.79 Å². The number of hydrogen-bond donors (Lipinski definition) is 1. The van der Waals surface area contributed by atoms with Crippen molar-refractivity contribution in [2.45, 2.75) is 23.8 Å². The lowest BCUT2D eigenvalue weighted by atomic mass is 10.2. The molecule has 8 heteroatoms. The first kappa shape index (κ1) is 16.2. The first-order chi connectivity index (χ1) is 11.0. The van der Waals surface area contributed by atoms with Crippen molar-refractivity contribution in [1.29, 1.82) is 0 Å². The molecule has 0 bridgehead atoms. The van der Waals surface area contributed by atoms with Gasteiger partial charge in [0.25, 0.3) is 5.91 Å². The number of nitrogens with one attached hydrogen (secondary N) is 1. The van der Waals surface area contributed by atoms with Crippen LogP contribution in [0.5, 0.6) is 5.75 Å². The Labute approximate surface area is 135 Å². The molecule has 1 N–H and O–H groups in total. The van der Waals surface area contributed by atoms with Crippen LogP contribution in [0.4, 0.5) is 0 Å². The van der Waals surface area contributed by atoms with Gasteiger partial charge < -0.3 is 14.8 Å². The number of methoxy groups -OCH3 is 1. The molecule has 1 saturated heterocycles. The van der Waals surface area contributed by atoms with Gasteiger partial charge in [-0.15, -0.1) is 0 Å². The van der Waals surface area contributed by atoms with Crippen molar-refractivity contribution in [1.82, 2.24) is 9.62 Å². The molecule has 23 heavy (non-hydrogen) atoms. The molecule has 0 radical (unpaired) electrons. The van der Waals surface area contributed by atoms with Crippen molar-refractivity contribution in [3.63, 3.8) is 0 Å². The standard InChI is InChI=1S/C15H20N2O5S/c1-21-13-5-2-11(15(18)16-12-3-4-12)10-14(13)23(19,20)17-6-8-22-9-7-17/h2,5,10,12H,3-4,6-9H2,1H3,(H,16,18). The third kappa shape index (κ3) is 3.49. The predicted octanol–water partition coefficient (Wildman–Crippen LogP) is 0.608. The van der Waals surface area contributed by atoms with Gasteiger partial charge in [-0.25, -0.2) is 8.42 Å². The molecule has 3 rings (SSSR count). The minimum atomic E-state index is -3.73. The van der Waals surface area contributed by atoms with Gasteiger partial charge in [0.05, 0.1) is 20.3 Å². The number of benzene rings is 1. The van der Waals surface area contributed by atoms with Gasteiger partial charge in [0.1, 0.15) is 10.6 Å². The highest BCUT2D eigenvalue weighted by molar-refractivity contribution is 7.89. The zero-order valence-corrected chi connectivity index (χ0v) is 13.8. The monoisotopic (exact) mass is 340 g/mol. The average Bonchev–Trinajstić information content (AvgIpc) is 3.39. The van der Waals surface area contributed by atoms with Crippen LogP contribution in [0.2, 0.25) is 0 Å². The molecule has 0 aromatic heterocycles. The average molecular weight is 340 g/mol. The van der Waals surface area contributed by atoms with Gasteiger partial charge in [0.2, 0.25) is 10.0 Å². The van der Waals surface area contributed by atoms with E-state index >= 15 is 0 Å². The Morgan fingerprint density at radius 2 is 2.00 bits per heavy atom. The first-order valence-corrected chi connectivity index (χ1v) is 9.03. The molecule has 0 spiro atoms. The highest BCUT2D eigenvalue weighted by atomic mass is 32.2. The van der Waals surface area contributed by atoms with Gasteiger partial charge in [0.15, 0.2) is 0 Å². The van der Waals surface area contributed by atoms with Gasteiger partial charge in [-0.1, -0.05) is 0 Å². The molecule has 1 amide bonds. The Hall–Kier alpha value is -1.64. The Kier molecular flexibility index (Phi) is 4.56. The van der Waals surface area contributed by atoms with E-state index in [-0.39, 0.29) is 22.6 Å². The molecule has 1 saturated carbocycles. The normalized spacial score (nSPS) is 19.3. The summed E-state index contributed by atoms with van der Waals surface area (Å²) < 4.78 is 37.4. The van der Waals surface area contributed by atoms with Crippen LogP contribution in [-0.4, -0.2) is 58.1 Å². The van der Waals surface area contributed by atoms with Crippen molar-refractivity contribution in [3.8, 4) is 5.75 Å². The minimum absolute atomic E-state index is 0.0188. The molecule has 7 nitrogen and oxygen atoms in total. The largest absolute Gasteiger partial charge is 0.495 e. The van der Waals surface area contributed by atoms with E-state index in [9.17, 15) is 13.2 Å². The van der Waals surface area contributed by atoms with Gasteiger partial charge in [-0.2, -0.15) is 4.31 Å². The molecule has 1 aliphatic heterocycles. The van der Waals surface area contributed by atoms with E-state index < -0.39 is 10.0 Å². The van der Waals surface area contributed by atoms with Crippen LogP contribution in [0, 0.1) is 0 Å². The SMILES string of the molecule is COc1ccc(C(=O)NC2CC2)cc1S(=O)(=O)N1CCOCC1. The van der Waals surface area contributed by atoms with E-state index in [0.29, 0.717) is 31.9 Å². The molecular weight excluding hydrogens is 320 g/mol. The lowest BCUT2D eigenvalue weighted by Gasteiger charge is -2.26. The molecule has 1 aromatic rings. The maximum absolute atomic E-state index is 12.8. The molecule has 1 aromatic carbocycles. The fourth-order valence-corrected chi connectivity index (χ4v) is 4.03. The number of amides is 1. The van der Waals surface area contributed by atoms with E-state index in [1.54, 1.807) is 6.07 Å². The zero-order chi connectivity index (χ0) is 16.4. The number of ether oxygens (including phenoxy) is 2. The quantitative estimate of drug-likeness (QED) is 0.849. The predicted molar refractivity (Wildman–Crippen MR) is 83.1 cm³/mol. The molecule has 2 fully saturated rings. The first-order valence-electron chi connectivity index (χ1n) is 7.59. The van der Waals surface area contributed by atoms with Crippen molar-refractivity contribution >= 4 is 15.9 Å². The van der Waals surface area contributed by atoms with E-state index in [1.807, 2.05) is 0 Å². The zero-order valence-electron chi connectivity index (χ0n) is 12.9. The number of nitrogens with zero attached hydrogens (tertiary/aromatic N) is 1. The third-order valence-electron chi connectivity index (χ3n) is 3.93. The number of sulfonamides is 1. The minimum Gasteiger partial charge on any atom is -0.495 e. The molecule has 126 valence electrons. The van der Waals surface area contributed by atoms with E-state index in [4.69, 9.17) is 9.47 Å². The summed E-state index contributed by atoms with van der Waals surface area (Å²) in [5.74, 6) is -0.0203.